The molecule has 2 saturated carbocycles. The molecule has 27 heavy (non-hydrogen) atoms. The van der Waals surface area contributed by atoms with Crippen molar-refractivity contribution in [2.45, 2.75) is 84.8 Å². The van der Waals surface area contributed by atoms with Crippen LogP contribution in [-0.4, -0.2) is 35.4 Å². The number of cyclic esters (lactones) is 1. The molecule has 0 spiro atoms. The number of carbonyl (C=O) groups is 2. The lowest BCUT2D eigenvalue weighted by Crippen LogP contribution is -2.65. The molecule has 0 radical (unpaired) electrons. The van der Waals surface area contributed by atoms with E-state index in [-0.39, 0.29) is 40.7 Å². The topological polar surface area (TPSA) is 72.8 Å². The number of fused-ring (bicyclic) bond motifs is 1. The van der Waals surface area contributed by atoms with Crippen LogP contribution in [0.1, 0.15) is 73.1 Å². The van der Waals surface area contributed by atoms with Crippen LogP contribution in [0.25, 0.3) is 0 Å². The highest BCUT2D eigenvalue weighted by Gasteiger charge is 2.63. The van der Waals surface area contributed by atoms with Crippen molar-refractivity contribution in [3.8, 4) is 0 Å². The van der Waals surface area contributed by atoms with E-state index in [1.54, 1.807) is 0 Å². The predicted molar refractivity (Wildman–Crippen MR) is 102 cm³/mol. The van der Waals surface area contributed by atoms with Crippen molar-refractivity contribution in [1.82, 2.24) is 0 Å². The molecule has 1 heterocycles. The first-order valence-electron chi connectivity index (χ1n) is 10.3. The predicted octanol–water partition coefficient (Wildman–Crippen LogP) is 3.79. The van der Waals surface area contributed by atoms with E-state index >= 15 is 0 Å². The second-order valence-corrected chi connectivity index (χ2v) is 9.66. The minimum atomic E-state index is -0.849. The molecule has 0 bridgehead atoms. The zero-order chi connectivity index (χ0) is 20.0. The molecule has 2 aliphatic carbocycles. The van der Waals surface area contributed by atoms with Gasteiger partial charge in [0.1, 0.15) is 12.7 Å². The summed E-state index contributed by atoms with van der Waals surface area (Å²) in [5.41, 5.74) is -0.626. The van der Waals surface area contributed by atoms with Crippen LogP contribution in [0, 0.1) is 22.7 Å². The number of hydrogen-bond donors (Lipinski definition) is 1. The molecular formula is C22H34O5. The van der Waals surface area contributed by atoms with Gasteiger partial charge in [-0.2, -0.15) is 0 Å². The van der Waals surface area contributed by atoms with Gasteiger partial charge in [0.15, 0.2) is 0 Å². The van der Waals surface area contributed by atoms with Gasteiger partial charge in [0.05, 0.1) is 5.60 Å². The Bertz CT molecular complexity index is 651. The molecule has 2 fully saturated rings. The summed E-state index contributed by atoms with van der Waals surface area (Å²) in [4.78, 5) is 23.4. The summed E-state index contributed by atoms with van der Waals surface area (Å²) in [6.07, 6.45) is 6.39. The van der Waals surface area contributed by atoms with E-state index in [9.17, 15) is 14.7 Å². The van der Waals surface area contributed by atoms with Gasteiger partial charge in [0, 0.05) is 23.3 Å². The Balaban J connectivity index is 1.87. The molecule has 0 aromatic carbocycles. The van der Waals surface area contributed by atoms with Gasteiger partial charge in [0.2, 0.25) is 0 Å². The molecule has 3 rings (SSSR count). The first kappa shape index (κ1) is 20.4. The lowest BCUT2D eigenvalue weighted by atomic mass is 9.43. The molecule has 0 unspecified atom stereocenters. The van der Waals surface area contributed by atoms with Crippen molar-refractivity contribution in [2.75, 3.05) is 6.61 Å². The van der Waals surface area contributed by atoms with E-state index in [1.807, 2.05) is 6.08 Å². The molecule has 5 atom stereocenters. The highest BCUT2D eigenvalue weighted by atomic mass is 16.5. The zero-order valence-corrected chi connectivity index (χ0v) is 17.3. The third-order valence-corrected chi connectivity index (χ3v) is 8.01. The van der Waals surface area contributed by atoms with Crippen molar-refractivity contribution in [3.05, 3.63) is 11.6 Å². The summed E-state index contributed by atoms with van der Waals surface area (Å²) in [5, 5.41) is 12.0. The van der Waals surface area contributed by atoms with Crippen LogP contribution in [0.15, 0.2) is 11.6 Å². The van der Waals surface area contributed by atoms with Gasteiger partial charge in [-0.1, -0.05) is 27.7 Å². The summed E-state index contributed by atoms with van der Waals surface area (Å²) in [6, 6.07) is 0. The van der Waals surface area contributed by atoms with Crippen molar-refractivity contribution < 1.29 is 24.2 Å². The quantitative estimate of drug-likeness (QED) is 0.754. The maximum atomic E-state index is 12.0. The zero-order valence-electron chi connectivity index (χ0n) is 17.3. The molecule has 3 aliphatic rings. The Kier molecular flexibility index (Phi) is 5.21. The molecular weight excluding hydrogens is 344 g/mol. The summed E-state index contributed by atoms with van der Waals surface area (Å²) in [5.74, 6) is -0.0582. The number of ether oxygens (including phenoxy) is 2. The Morgan fingerprint density at radius 3 is 2.59 bits per heavy atom. The van der Waals surface area contributed by atoms with Crippen LogP contribution in [-0.2, 0) is 19.1 Å². The highest BCUT2D eigenvalue weighted by Crippen LogP contribution is 2.64. The Labute approximate surface area is 162 Å². The minimum Gasteiger partial charge on any atom is -0.462 e. The number of hydrogen-bond acceptors (Lipinski definition) is 5. The van der Waals surface area contributed by atoms with E-state index in [0.29, 0.717) is 25.0 Å². The smallest absolute Gasteiger partial charge is 0.334 e. The van der Waals surface area contributed by atoms with E-state index in [1.165, 1.54) is 6.92 Å². The fourth-order valence-corrected chi connectivity index (χ4v) is 6.32. The van der Waals surface area contributed by atoms with Crippen LogP contribution in [0.5, 0.6) is 0 Å². The largest absolute Gasteiger partial charge is 0.462 e. The average Bonchev–Trinajstić information content (AvgIpc) is 2.98. The fourth-order valence-electron chi connectivity index (χ4n) is 6.32. The van der Waals surface area contributed by atoms with Gasteiger partial charge in [-0.3, -0.25) is 4.79 Å². The van der Waals surface area contributed by atoms with Gasteiger partial charge in [-0.25, -0.2) is 4.79 Å². The molecule has 152 valence electrons. The molecule has 0 saturated heterocycles. The second kappa shape index (κ2) is 6.91. The number of rotatable bonds is 4. The fraction of sp³-hybridized carbons (Fsp3) is 0.818. The summed E-state index contributed by atoms with van der Waals surface area (Å²) >= 11 is 0. The first-order chi connectivity index (χ1) is 12.5. The lowest BCUT2D eigenvalue weighted by Gasteiger charge is -2.64. The van der Waals surface area contributed by atoms with Gasteiger partial charge in [-0.15, -0.1) is 0 Å². The van der Waals surface area contributed by atoms with Crippen LogP contribution >= 0.6 is 0 Å². The highest BCUT2D eigenvalue weighted by molar-refractivity contribution is 5.90. The normalized spacial score (nSPS) is 40.7. The maximum absolute atomic E-state index is 12.0. The summed E-state index contributed by atoms with van der Waals surface area (Å²) in [6.45, 7) is 10.5. The van der Waals surface area contributed by atoms with Crippen LogP contribution < -0.4 is 0 Å². The standard InChI is InChI=1S/C22H34O5/c1-14-6-7-17-20(3,4)18(27-15(2)23)9-11-21(17,5)22(14,25)12-8-16-10-13-26-19(16)24/h10,14,17-18,25H,6-9,11-13H2,1-5H3/t14-,17+,18+,21+,22-/m1/s1. The van der Waals surface area contributed by atoms with Gasteiger partial charge >= 0.3 is 11.9 Å². The van der Waals surface area contributed by atoms with Crippen molar-refractivity contribution >= 4 is 11.9 Å². The summed E-state index contributed by atoms with van der Waals surface area (Å²) in [7, 11) is 0. The Morgan fingerprint density at radius 1 is 1.30 bits per heavy atom. The molecule has 5 heteroatoms. The van der Waals surface area contributed by atoms with Gasteiger partial charge in [0.25, 0.3) is 0 Å². The van der Waals surface area contributed by atoms with E-state index < -0.39 is 5.60 Å². The Morgan fingerprint density at radius 2 is 2.00 bits per heavy atom. The number of aliphatic hydroxyl groups is 1. The third-order valence-electron chi connectivity index (χ3n) is 8.01. The summed E-state index contributed by atoms with van der Waals surface area (Å²) < 4.78 is 10.7. The minimum absolute atomic E-state index is 0.113. The SMILES string of the molecule is CC(=O)O[C@H]1CC[C@@]2(C)[C@@H](CC[C@@H](C)[C@]2(O)CCC2=CCOC2=O)C1(C)C. The first-order valence-corrected chi connectivity index (χ1v) is 10.3. The van der Waals surface area contributed by atoms with Crippen LogP contribution in [0.2, 0.25) is 0 Å². The molecule has 0 amide bonds. The molecule has 1 N–H and O–H groups in total. The van der Waals surface area contributed by atoms with Crippen LogP contribution in [0.3, 0.4) is 0 Å². The number of esters is 2. The molecule has 5 nitrogen and oxygen atoms in total. The molecule has 0 aromatic heterocycles. The van der Waals surface area contributed by atoms with Gasteiger partial charge in [-0.05, 0) is 56.4 Å². The van der Waals surface area contributed by atoms with Crippen molar-refractivity contribution in [2.24, 2.45) is 22.7 Å². The maximum Gasteiger partial charge on any atom is 0.334 e. The van der Waals surface area contributed by atoms with E-state index in [4.69, 9.17) is 9.47 Å². The van der Waals surface area contributed by atoms with Crippen LogP contribution in [0.4, 0.5) is 0 Å². The average molecular weight is 379 g/mol. The van der Waals surface area contributed by atoms with Crippen molar-refractivity contribution in [1.29, 1.82) is 0 Å². The van der Waals surface area contributed by atoms with E-state index in [0.717, 1.165) is 25.7 Å². The lowest BCUT2D eigenvalue weighted by molar-refractivity contribution is -0.236. The second-order valence-electron chi connectivity index (χ2n) is 9.66. The number of carbonyl (C=O) groups excluding carboxylic acids is 2. The third kappa shape index (κ3) is 3.22. The van der Waals surface area contributed by atoms with Gasteiger partial charge < -0.3 is 14.6 Å². The molecule has 1 aliphatic heterocycles. The molecule has 0 aromatic rings. The monoisotopic (exact) mass is 378 g/mol. The van der Waals surface area contributed by atoms with Crippen molar-refractivity contribution in [3.63, 3.8) is 0 Å². The van der Waals surface area contributed by atoms with E-state index in [2.05, 4.69) is 27.7 Å². The Hall–Kier alpha value is -1.36.